The van der Waals surface area contributed by atoms with E-state index < -0.39 is 5.97 Å². The van der Waals surface area contributed by atoms with E-state index in [2.05, 4.69) is 20.9 Å². The van der Waals surface area contributed by atoms with E-state index in [9.17, 15) is 14.3 Å². The number of aromatic nitrogens is 1. The Labute approximate surface area is 122 Å². The van der Waals surface area contributed by atoms with Crippen molar-refractivity contribution in [1.29, 1.82) is 0 Å². The second kappa shape index (κ2) is 5.38. The van der Waals surface area contributed by atoms with Crippen LogP contribution in [0.4, 0.5) is 4.39 Å². The maximum absolute atomic E-state index is 13.3. The Hall–Kier alpha value is -1.27. The third-order valence-electron chi connectivity index (χ3n) is 2.55. The fourth-order valence-corrected chi connectivity index (χ4v) is 3.31. The summed E-state index contributed by atoms with van der Waals surface area (Å²) in [7, 11) is 0. The van der Waals surface area contributed by atoms with Gasteiger partial charge in [0.1, 0.15) is 15.7 Å². The molecule has 0 unspecified atom stereocenters. The van der Waals surface area contributed by atoms with Crippen molar-refractivity contribution in [2.45, 2.75) is 19.8 Å². The zero-order valence-corrected chi connectivity index (χ0v) is 12.7. The van der Waals surface area contributed by atoms with Crippen LogP contribution in [0.2, 0.25) is 0 Å². The van der Waals surface area contributed by atoms with Gasteiger partial charge in [0.15, 0.2) is 0 Å². The quantitative estimate of drug-likeness (QED) is 0.890. The molecule has 0 aliphatic heterocycles. The molecule has 3 nitrogen and oxygen atoms in total. The molecule has 100 valence electrons. The van der Waals surface area contributed by atoms with E-state index in [1.165, 1.54) is 12.1 Å². The van der Waals surface area contributed by atoms with E-state index in [4.69, 9.17) is 0 Å². The lowest BCUT2D eigenvalue weighted by atomic mass is 10.1. The Morgan fingerprint density at radius 1 is 1.47 bits per heavy atom. The summed E-state index contributed by atoms with van der Waals surface area (Å²) in [5.74, 6) is -1.38. The summed E-state index contributed by atoms with van der Waals surface area (Å²) in [5, 5.41) is 9.69. The second-order valence-electron chi connectivity index (χ2n) is 4.32. The fourth-order valence-electron chi connectivity index (χ4n) is 1.65. The molecule has 0 fully saturated rings. The lowest BCUT2D eigenvalue weighted by molar-refractivity contribution is 0.0700. The minimum atomic E-state index is -1.00. The van der Waals surface area contributed by atoms with E-state index in [0.717, 1.165) is 11.3 Å². The fraction of sp³-hybridized carbons (Fsp3) is 0.231. The van der Waals surface area contributed by atoms with Gasteiger partial charge in [-0.3, -0.25) is 0 Å². The molecule has 1 aromatic heterocycles. The first-order valence-corrected chi connectivity index (χ1v) is 7.20. The average molecular weight is 344 g/mol. The number of nitrogens with zero attached hydrogens (tertiary/aromatic N) is 1. The average Bonchev–Trinajstić information content (AvgIpc) is 2.77. The minimum Gasteiger partial charge on any atom is -0.477 e. The van der Waals surface area contributed by atoms with Gasteiger partial charge in [-0.15, -0.1) is 11.3 Å². The zero-order chi connectivity index (χ0) is 14.2. The highest BCUT2D eigenvalue weighted by Crippen LogP contribution is 2.35. The molecule has 1 aromatic carbocycles. The molecule has 0 spiro atoms. The predicted octanol–water partition coefficient (Wildman–Crippen LogP) is 4.53. The van der Waals surface area contributed by atoms with Crippen LogP contribution in [0.5, 0.6) is 0 Å². The molecule has 0 radical (unpaired) electrons. The van der Waals surface area contributed by atoms with Gasteiger partial charge in [0.2, 0.25) is 0 Å². The Morgan fingerprint density at radius 3 is 2.68 bits per heavy atom. The Kier molecular flexibility index (Phi) is 4.01. The van der Waals surface area contributed by atoms with Crippen LogP contribution in [-0.2, 0) is 0 Å². The number of rotatable bonds is 3. The van der Waals surface area contributed by atoms with Crippen LogP contribution in [0, 0.1) is 5.82 Å². The van der Waals surface area contributed by atoms with Crippen LogP contribution in [0.25, 0.3) is 10.6 Å². The third kappa shape index (κ3) is 2.84. The number of halogens is 2. The normalized spacial score (nSPS) is 11.0. The van der Waals surface area contributed by atoms with Gasteiger partial charge in [-0.1, -0.05) is 29.8 Å². The minimum absolute atomic E-state index is 0.00318. The molecule has 0 saturated carbocycles. The van der Waals surface area contributed by atoms with Crippen LogP contribution in [0.15, 0.2) is 22.7 Å². The van der Waals surface area contributed by atoms with Gasteiger partial charge in [-0.2, -0.15) is 0 Å². The predicted molar refractivity (Wildman–Crippen MR) is 76.3 cm³/mol. The van der Waals surface area contributed by atoms with Crippen LogP contribution in [0.3, 0.4) is 0 Å². The van der Waals surface area contributed by atoms with Gasteiger partial charge in [-0.25, -0.2) is 14.2 Å². The summed E-state index contributed by atoms with van der Waals surface area (Å²) < 4.78 is 14.0. The molecule has 0 amide bonds. The Morgan fingerprint density at radius 2 is 2.16 bits per heavy atom. The zero-order valence-electron chi connectivity index (χ0n) is 10.3. The number of hydrogen-bond acceptors (Lipinski definition) is 3. The number of benzene rings is 1. The van der Waals surface area contributed by atoms with Crippen molar-refractivity contribution in [2.24, 2.45) is 0 Å². The lowest BCUT2D eigenvalue weighted by Crippen LogP contribution is -2.00. The summed E-state index contributed by atoms with van der Waals surface area (Å²) in [6, 6.07) is 4.27. The van der Waals surface area contributed by atoms with Crippen molar-refractivity contribution < 1.29 is 14.3 Å². The van der Waals surface area contributed by atoms with Gasteiger partial charge in [0.25, 0.3) is 0 Å². The van der Waals surface area contributed by atoms with Gasteiger partial charge in [0.05, 0.1) is 5.69 Å². The smallest absolute Gasteiger partial charge is 0.347 e. The van der Waals surface area contributed by atoms with Crippen molar-refractivity contribution in [1.82, 2.24) is 4.98 Å². The number of aromatic carboxylic acids is 1. The van der Waals surface area contributed by atoms with Crippen LogP contribution >= 0.6 is 27.3 Å². The lowest BCUT2D eigenvalue weighted by Gasteiger charge is -2.01. The molecule has 0 atom stereocenters. The van der Waals surface area contributed by atoms with E-state index >= 15 is 0 Å². The molecule has 2 aromatic rings. The summed E-state index contributed by atoms with van der Waals surface area (Å²) in [4.78, 5) is 15.8. The largest absolute Gasteiger partial charge is 0.477 e. The number of carbonyl (C=O) groups is 1. The number of hydrogen-bond donors (Lipinski definition) is 1. The van der Waals surface area contributed by atoms with Crippen LogP contribution in [0.1, 0.15) is 35.1 Å². The van der Waals surface area contributed by atoms with E-state index in [0.29, 0.717) is 20.7 Å². The molecule has 0 aliphatic carbocycles. The van der Waals surface area contributed by atoms with Crippen molar-refractivity contribution in [3.05, 3.63) is 39.1 Å². The molecular formula is C13H11BrFNO2S. The SMILES string of the molecule is CC(C)c1nc(-c2cc(F)ccc2Br)sc1C(=O)O. The third-order valence-corrected chi connectivity index (χ3v) is 4.34. The molecular weight excluding hydrogens is 333 g/mol. The van der Waals surface area contributed by atoms with Crippen molar-refractivity contribution in [2.75, 3.05) is 0 Å². The first-order chi connectivity index (χ1) is 8.90. The molecule has 0 aliphatic rings. The van der Waals surface area contributed by atoms with Gasteiger partial charge < -0.3 is 5.11 Å². The number of carboxylic acid groups (broad SMARTS) is 1. The van der Waals surface area contributed by atoms with Crippen LogP contribution in [-0.4, -0.2) is 16.1 Å². The Bertz CT molecular complexity index is 640. The summed E-state index contributed by atoms with van der Waals surface area (Å²) in [6.45, 7) is 3.76. The first-order valence-electron chi connectivity index (χ1n) is 5.59. The van der Waals surface area contributed by atoms with E-state index in [1.54, 1.807) is 6.07 Å². The molecule has 0 bridgehead atoms. The second-order valence-corrected chi connectivity index (χ2v) is 6.17. The highest BCUT2D eigenvalue weighted by atomic mass is 79.9. The standard InChI is InChI=1S/C13H11BrFNO2S/c1-6(2)10-11(13(17)18)19-12(16-10)8-5-7(15)3-4-9(8)14/h3-6H,1-2H3,(H,17,18). The van der Waals surface area contributed by atoms with E-state index in [1.807, 2.05) is 13.8 Å². The molecule has 19 heavy (non-hydrogen) atoms. The molecule has 1 N–H and O–H groups in total. The molecule has 6 heteroatoms. The monoisotopic (exact) mass is 343 g/mol. The van der Waals surface area contributed by atoms with Crippen molar-refractivity contribution in [3.8, 4) is 10.6 Å². The topological polar surface area (TPSA) is 50.2 Å². The van der Waals surface area contributed by atoms with Crippen molar-refractivity contribution >= 4 is 33.2 Å². The van der Waals surface area contributed by atoms with Gasteiger partial charge >= 0.3 is 5.97 Å². The summed E-state index contributed by atoms with van der Waals surface area (Å²) in [6.07, 6.45) is 0. The molecule has 0 saturated heterocycles. The summed E-state index contributed by atoms with van der Waals surface area (Å²) >= 11 is 4.39. The number of thiazole rings is 1. The molecule has 1 heterocycles. The van der Waals surface area contributed by atoms with Crippen molar-refractivity contribution in [3.63, 3.8) is 0 Å². The van der Waals surface area contributed by atoms with Crippen LogP contribution < -0.4 is 0 Å². The first kappa shape index (κ1) is 14.1. The van der Waals surface area contributed by atoms with Gasteiger partial charge in [0, 0.05) is 10.0 Å². The maximum Gasteiger partial charge on any atom is 0.347 e. The highest BCUT2D eigenvalue weighted by molar-refractivity contribution is 9.10. The number of carboxylic acids is 1. The van der Waals surface area contributed by atoms with E-state index in [-0.39, 0.29) is 16.6 Å². The summed E-state index contributed by atoms with van der Waals surface area (Å²) in [5.41, 5.74) is 1.10. The highest BCUT2D eigenvalue weighted by Gasteiger charge is 2.21. The Balaban J connectivity index is 2.60. The maximum atomic E-state index is 13.3. The molecule has 2 rings (SSSR count). The van der Waals surface area contributed by atoms with Gasteiger partial charge in [-0.05, 0) is 24.1 Å².